The fraction of sp³-hybridized carbons (Fsp3) is 0.393. The van der Waals surface area contributed by atoms with Gasteiger partial charge in [-0.15, -0.1) is 0 Å². The number of nitrogens with one attached hydrogen (secondary N) is 2. The lowest BCUT2D eigenvalue weighted by atomic mass is 9.83. The predicted octanol–water partition coefficient (Wildman–Crippen LogP) is 4.33. The van der Waals surface area contributed by atoms with Crippen molar-refractivity contribution in [2.45, 2.75) is 45.2 Å². The van der Waals surface area contributed by atoms with Gasteiger partial charge in [0, 0.05) is 11.6 Å². The topological polar surface area (TPSA) is 136 Å². The number of nitrogens with two attached hydrogens (primary N) is 1. The molecule has 1 saturated heterocycles. The molecule has 3 atom stereocenters. The molecule has 1 aliphatic heterocycles. The van der Waals surface area contributed by atoms with Gasteiger partial charge in [-0.2, -0.15) is 8.42 Å². The van der Waals surface area contributed by atoms with E-state index in [0.29, 0.717) is 54.1 Å². The van der Waals surface area contributed by atoms with Gasteiger partial charge in [0.25, 0.3) is 15.9 Å². The molecule has 3 heterocycles. The van der Waals surface area contributed by atoms with Gasteiger partial charge in [-0.05, 0) is 67.1 Å². The van der Waals surface area contributed by atoms with Crippen molar-refractivity contribution in [3.8, 4) is 17.0 Å². The van der Waals surface area contributed by atoms with Crippen LogP contribution in [-0.4, -0.2) is 37.4 Å². The van der Waals surface area contributed by atoms with Crippen molar-refractivity contribution in [1.29, 1.82) is 0 Å². The maximum Gasteiger partial charge on any atom is 0.281 e. The van der Waals surface area contributed by atoms with Crippen LogP contribution in [0.15, 0.2) is 53.6 Å². The Morgan fingerprint density at radius 3 is 2.62 bits per heavy atom. The summed E-state index contributed by atoms with van der Waals surface area (Å²) in [5.41, 5.74) is 7.02. The summed E-state index contributed by atoms with van der Waals surface area (Å²) in [5.74, 6) is 0.0848. The zero-order valence-corrected chi connectivity index (χ0v) is 23.3. The molecule has 9 nitrogen and oxygen atoms in total. The van der Waals surface area contributed by atoms with Crippen molar-refractivity contribution in [3.63, 3.8) is 0 Å². The summed E-state index contributed by atoms with van der Waals surface area (Å²) >= 11 is 0. The number of nitrogen functional groups attached to an aromatic ring is 1. The normalized spacial score (nSPS) is 19.6. The van der Waals surface area contributed by atoms with Crippen molar-refractivity contribution in [2.24, 2.45) is 17.8 Å². The molecule has 1 aliphatic rings. The monoisotopic (exact) mass is 555 g/mol. The number of halogens is 1. The molecule has 0 bridgehead atoms. The van der Waals surface area contributed by atoms with E-state index in [1.807, 2.05) is 13.8 Å². The van der Waals surface area contributed by atoms with E-state index in [9.17, 15) is 17.6 Å². The van der Waals surface area contributed by atoms with Crippen LogP contribution < -0.4 is 20.5 Å². The number of carbonyl (C=O) groups is 1. The fourth-order valence-electron chi connectivity index (χ4n) is 4.38. The van der Waals surface area contributed by atoms with Crippen molar-refractivity contribution >= 4 is 21.7 Å². The minimum absolute atomic E-state index is 0.0124. The third kappa shape index (κ3) is 6.90. The first kappa shape index (κ1) is 28.4. The summed E-state index contributed by atoms with van der Waals surface area (Å²) < 4.78 is 48.1. The number of amides is 1. The third-order valence-electron chi connectivity index (χ3n) is 6.76. The van der Waals surface area contributed by atoms with Crippen LogP contribution in [-0.2, 0) is 10.0 Å². The Kier molecular flexibility index (Phi) is 8.51. The largest absolute Gasteiger partial charge is 0.493 e. The van der Waals surface area contributed by atoms with Crippen LogP contribution in [0.5, 0.6) is 5.75 Å². The maximum atomic E-state index is 14.5. The summed E-state index contributed by atoms with van der Waals surface area (Å²) in [6.45, 7) is 9.40. The highest BCUT2D eigenvalue weighted by molar-refractivity contribution is 7.90. The van der Waals surface area contributed by atoms with Crippen LogP contribution in [0.2, 0.25) is 0 Å². The number of anilines is 1. The Balaban J connectivity index is 1.72. The van der Waals surface area contributed by atoms with Gasteiger partial charge in [-0.1, -0.05) is 33.8 Å². The SMILES string of the molecule is CC(C)COc1cc(F)cc(-c2ccc(C(=O)NS(=O)(=O)c3cccc(N)n3)c(C3CC(C)C(C)CN3)n2)c1. The quantitative estimate of drug-likeness (QED) is 0.374. The van der Waals surface area contributed by atoms with Crippen LogP contribution in [0.3, 0.4) is 0 Å². The van der Waals surface area contributed by atoms with Gasteiger partial charge in [0.2, 0.25) is 0 Å². The Morgan fingerprint density at radius 2 is 1.92 bits per heavy atom. The van der Waals surface area contributed by atoms with Crippen LogP contribution in [0.4, 0.5) is 10.2 Å². The molecule has 0 aliphatic carbocycles. The van der Waals surface area contributed by atoms with E-state index in [4.69, 9.17) is 15.5 Å². The standard InChI is InChI=1S/C28H34FN5O4S/c1-16(2)15-38-21-12-19(11-20(29)13-21)23-9-8-22(27(32-23)24-10-17(3)18(4)14-31-24)28(35)34-39(36,37)26-7-5-6-25(30)33-26/h5-9,11-13,16-18,24,31H,10,14-15H2,1-4H3,(H2,30,33)(H,34,35). The third-order valence-corrected chi connectivity index (χ3v) is 7.99. The van der Waals surface area contributed by atoms with Gasteiger partial charge < -0.3 is 15.8 Å². The molecule has 0 spiro atoms. The summed E-state index contributed by atoms with van der Waals surface area (Å²) in [6, 6.07) is 11.3. The smallest absolute Gasteiger partial charge is 0.281 e. The first-order valence-corrected chi connectivity index (χ1v) is 14.4. The van der Waals surface area contributed by atoms with Gasteiger partial charge in [0.05, 0.1) is 29.6 Å². The number of pyridine rings is 2. The Bertz CT molecular complexity index is 1460. The summed E-state index contributed by atoms with van der Waals surface area (Å²) in [4.78, 5) is 21.9. The number of rotatable bonds is 8. The number of piperidine rings is 1. The molecular formula is C28H34FN5O4S. The Morgan fingerprint density at radius 1 is 1.15 bits per heavy atom. The molecular weight excluding hydrogens is 521 g/mol. The van der Waals surface area contributed by atoms with Crippen LogP contribution in [0.25, 0.3) is 11.3 Å². The first-order chi connectivity index (χ1) is 18.4. The Hall–Kier alpha value is -3.57. The molecule has 1 amide bonds. The molecule has 4 rings (SSSR count). The minimum Gasteiger partial charge on any atom is -0.493 e. The second-order valence-electron chi connectivity index (χ2n) is 10.5. The van der Waals surface area contributed by atoms with Crippen molar-refractivity contribution in [2.75, 3.05) is 18.9 Å². The molecule has 11 heteroatoms. The number of hydrogen-bond donors (Lipinski definition) is 3. The number of aromatic nitrogens is 2. The molecule has 3 aromatic rings. The van der Waals surface area contributed by atoms with Gasteiger partial charge in [0.1, 0.15) is 17.4 Å². The highest BCUT2D eigenvalue weighted by Gasteiger charge is 2.31. The second kappa shape index (κ2) is 11.7. The van der Waals surface area contributed by atoms with Gasteiger partial charge in [-0.3, -0.25) is 9.78 Å². The van der Waals surface area contributed by atoms with E-state index in [1.165, 1.54) is 36.4 Å². The predicted molar refractivity (Wildman–Crippen MR) is 147 cm³/mol. The first-order valence-electron chi connectivity index (χ1n) is 12.9. The van der Waals surface area contributed by atoms with E-state index in [0.717, 1.165) is 0 Å². The Labute approximate surface area is 228 Å². The molecule has 2 aromatic heterocycles. The summed E-state index contributed by atoms with van der Waals surface area (Å²) in [7, 11) is -4.29. The number of benzene rings is 1. The van der Waals surface area contributed by atoms with Crippen LogP contribution in [0.1, 0.15) is 56.2 Å². The van der Waals surface area contributed by atoms with Crippen molar-refractivity contribution in [1.82, 2.24) is 20.0 Å². The van der Waals surface area contributed by atoms with Crippen LogP contribution >= 0.6 is 0 Å². The molecule has 39 heavy (non-hydrogen) atoms. The summed E-state index contributed by atoms with van der Waals surface area (Å²) in [5, 5.41) is 3.06. The van der Waals surface area contributed by atoms with Crippen molar-refractivity contribution in [3.05, 3.63) is 65.6 Å². The molecule has 3 unspecified atom stereocenters. The zero-order valence-electron chi connectivity index (χ0n) is 22.4. The van der Waals surface area contributed by atoms with Crippen LogP contribution in [0, 0.1) is 23.6 Å². The minimum atomic E-state index is -4.29. The molecule has 208 valence electrons. The van der Waals surface area contributed by atoms with Gasteiger partial charge in [0.15, 0.2) is 5.03 Å². The lowest BCUT2D eigenvalue weighted by molar-refractivity contribution is 0.0978. The molecule has 1 fully saturated rings. The van der Waals surface area contributed by atoms with E-state index in [1.54, 1.807) is 12.1 Å². The van der Waals surface area contributed by atoms with Gasteiger partial charge in [-0.25, -0.2) is 14.1 Å². The number of ether oxygens (including phenoxy) is 1. The lowest BCUT2D eigenvalue weighted by Crippen LogP contribution is -2.39. The average Bonchev–Trinajstić information content (AvgIpc) is 2.88. The number of nitrogens with zero attached hydrogens (tertiary/aromatic N) is 2. The van der Waals surface area contributed by atoms with E-state index >= 15 is 0 Å². The second-order valence-corrected chi connectivity index (χ2v) is 12.1. The van der Waals surface area contributed by atoms with Crippen molar-refractivity contribution < 1.29 is 22.3 Å². The average molecular weight is 556 g/mol. The highest BCUT2D eigenvalue weighted by atomic mass is 32.2. The maximum absolute atomic E-state index is 14.5. The number of sulfonamides is 1. The summed E-state index contributed by atoms with van der Waals surface area (Å²) in [6.07, 6.45) is 0.688. The van der Waals surface area contributed by atoms with E-state index < -0.39 is 21.7 Å². The molecule has 0 saturated carbocycles. The lowest BCUT2D eigenvalue weighted by Gasteiger charge is -2.33. The number of carbonyl (C=O) groups excluding carboxylic acids is 1. The fourth-order valence-corrected chi connectivity index (χ4v) is 5.33. The highest BCUT2D eigenvalue weighted by Crippen LogP contribution is 2.33. The van der Waals surface area contributed by atoms with E-state index in [2.05, 4.69) is 28.9 Å². The molecule has 0 radical (unpaired) electrons. The van der Waals surface area contributed by atoms with Gasteiger partial charge >= 0.3 is 0 Å². The van der Waals surface area contributed by atoms with E-state index in [-0.39, 0.29) is 28.4 Å². The molecule has 1 aromatic carbocycles. The number of hydrogen-bond acceptors (Lipinski definition) is 8. The molecule has 4 N–H and O–H groups in total. The zero-order chi connectivity index (χ0) is 28.3.